The first-order valence-electron chi connectivity index (χ1n) is 11.2. The number of nitrogens with zero attached hydrogens (tertiary/aromatic N) is 3. The second kappa shape index (κ2) is 10.6. The molecule has 3 aromatic carbocycles. The maximum Gasteiger partial charge on any atom is 0.234 e. The summed E-state index contributed by atoms with van der Waals surface area (Å²) in [6, 6.07) is 20.5. The molecule has 1 N–H and O–H groups in total. The molecule has 1 aliphatic heterocycles. The molecule has 0 bridgehead atoms. The molecule has 10 heteroatoms. The van der Waals surface area contributed by atoms with Crippen LogP contribution in [0.15, 0.2) is 71.9 Å². The van der Waals surface area contributed by atoms with Crippen molar-refractivity contribution in [1.82, 2.24) is 14.8 Å². The molecule has 2 heterocycles. The van der Waals surface area contributed by atoms with Gasteiger partial charge in [0.2, 0.25) is 5.91 Å². The predicted molar refractivity (Wildman–Crippen MR) is 137 cm³/mol. The fraction of sp³-hybridized carbons (Fsp3) is 0.192. The molecule has 36 heavy (non-hydrogen) atoms. The van der Waals surface area contributed by atoms with Crippen molar-refractivity contribution in [3.8, 4) is 40.1 Å². The van der Waals surface area contributed by atoms with Gasteiger partial charge in [0.15, 0.2) is 22.5 Å². The molecule has 1 aliphatic rings. The molecular formula is C26H24N4O5S. The molecular weight excluding hydrogens is 480 g/mol. The second-order valence-corrected chi connectivity index (χ2v) is 8.71. The number of anilines is 1. The molecule has 0 atom stereocenters. The summed E-state index contributed by atoms with van der Waals surface area (Å²) in [5.74, 6) is 3.34. The van der Waals surface area contributed by atoms with Gasteiger partial charge in [0.05, 0.1) is 20.0 Å². The van der Waals surface area contributed by atoms with Crippen LogP contribution in [0, 0.1) is 0 Å². The van der Waals surface area contributed by atoms with Crippen LogP contribution in [0.2, 0.25) is 0 Å². The van der Waals surface area contributed by atoms with Gasteiger partial charge in [-0.3, -0.25) is 9.36 Å². The average Bonchev–Trinajstić information content (AvgIpc) is 3.36. The smallest absolute Gasteiger partial charge is 0.234 e. The maximum atomic E-state index is 12.8. The minimum atomic E-state index is -0.177. The summed E-state index contributed by atoms with van der Waals surface area (Å²) in [5.41, 5.74) is 2.32. The first kappa shape index (κ1) is 23.6. The standard InChI is InChI=1S/C26H24N4O5S/c1-32-20-9-7-19(8-10-20)30-25(17-4-3-5-21(14-17)33-2)28-29-26(30)36-16-24(31)27-18-6-11-22-23(15-18)35-13-12-34-22/h3-11,14-15H,12-13,16H2,1-2H3,(H,27,31). The van der Waals surface area contributed by atoms with Gasteiger partial charge in [-0.2, -0.15) is 0 Å². The van der Waals surface area contributed by atoms with Crippen molar-refractivity contribution in [3.05, 3.63) is 66.7 Å². The van der Waals surface area contributed by atoms with Crippen molar-refractivity contribution >= 4 is 23.4 Å². The Morgan fingerprint density at radius 2 is 1.72 bits per heavy atom. The van der Waals surface area contributed by atoms with Crippen molar-refractivity contribution in [2.75, 3.05) is 38.5 Å². The fourth-order valence-electron chi connectivity index (χ4n) is 3.72. The Labute approximate surface area is 212 Å². The van der Waals surface area contributed by atoms with E-state index in [0.29, 0.717) is 47.1 Å². The molecule has 1 aromatic heterocycles. The van der Waals surface area contributed by atoms with Gasteiger partial charge >= 0.3 is 0 Å². The molecule has 9 nitrogen and oxygen atoms in total. The molecule has 0 aliphatic carbocycles. The lowest BCUT2D eigenvalue weighted by Gasteiger charge is -2.19. The number of carbonyl (C=O) groups is 1. The highest BCUT2D eigenvalue weighted by molar-refractivity contribution is 7.99. The number of hydrogen-bond donors (Lipinski definition) is 1. The lowest BCUT2D eigenvalue weighted by molar-refractivity contribution is -0.113. The number of aromatic nitrogens is 3. The van der Waals surface area contributed by atoms with E-state index in [0.717, 1.165) is 17.0 Å². The van der Waals surface area contributed by atoms with Gasteiger partial charge in [0.25, 0.3) is 0 Å². The van der Waals surface area contributed by atoms with E-state index in [1.165, 1.54) is 11.8 Å². The van der Waals surface area contributed by atoms with E-state index in [2.05, 4.69) is 15.5 Å². The zero-order chi connectivity index (χ0) is 24.9. The Morgan fingerprint density at radius 1 is 0.944 bits per heavy atom. The molecule has 5 rings (SSSR count). The van der Waals surface area contributed by atoms with Crippen LogP contribution < -0.4 is 24.3 Å². The minimum Gasteiger partial charge on any atom is -0.497 e. The number of hydrogen-bond acceptors (Lipinski definition) is 8. The van der Waals surface area contributed by atoms with Gasteiger partial charge in [0, 0.05) is 23.0 Å². The quantitative estimate of drug-likeness (QED) is 0.352. The van der Waals surface area contributed by atoms with Crippen molar-refractivity contribution < 1.29 is 23.7 Å². The van der Waals surface area contributed by atoms with Gasteiger partial charge in [0.1, 0.15) is 24.7 Å². The Morgan fingerprint density at radius 3 is 2.50 bits per heavy atom. The number of methoxy groups -OCH3 is 2. The number of thioether (sulfide) groups is 1. The van der Waals surface area contributed by atoms with Crippen LogP contribution in [0.3, 0.4) is 0 Å². The van der Waals surface area contributed by atoms with E-state index < -0.39 is 0 Å². The highest BCUT2D eigenvalue weighted by Gasteiger charge is 2.19. The Bertz CT molecular complexity index is 1370. The van der Waals surface area contributed by atoms with Gasteiger partial charge in [-0.05, 0) is 48.5 Å². The minimum absolute atomic E-state index is 0.140. The summed E-state index contributed by atoms with van der Waals surface area (Å²) >= 11 is 1.29. The first-order valence-corrected chi connectivity index (χ1v) is 12.2. The molecule has 0 radical (unpaired) electrons. The zero-order valence-electron chi connectivity index (χ0n) is 19.8. The molecule has 184 valence electrons. The van der Waals surface area contributed by atoms with Gasteiger partial charge < -0.3 is 24.3 Å². The van der Waals surface area contributed by atoms with Crippen LogP contribution in [-0.4, -0.2) is 53.9 Å². The Kier molecular flexibility index (Phi) is 6.94. The van der Waals surface area contributed by atoms with E-state index in [1.54, 1.807) is 32.4 Å². The van der Waals surface area contributed by atoms with Gasteiger partial charge in [-0.1, -0.05) is 23.9 Å². The lowest BCUT2D eigenvalue weighted by Crippen LogP contribution is -2.17. The monoisotopic (exact) mass is 504 g/mol. The summed E-state index contributed by atoms with van der Waals surface area (Å²) in [6.45, 7) is 0.999. The summed E-state index contributed by atoms with van der Waals surface area (Å²) in [5, 5.41) is 12.3. The van der Waals surface area contributed by atoms with E-state index in [-0.39, 0.29) is 11.7 Å². The van der Waals surface area contributed by atoms with Gasteiger partial charge in [-0.15, -0.1) is 10.2 Å². The molecule has 0 fully saturated rings. The number of benzene rings is 3. The molecule has 0 saturated carbocycles. The highest BCUT2D eigenvalue weighted by atomic mass is 32.2. The summed E-state index contributed by atoms with van der Waals surface area (Å²) in [6.07, 6.45) is 0. The number of rotatable bonds is 8. The van der Waals surface area contributed by atoms with Crippen molar-refractivity contribution in [2.24, 2.45) is 0 Å². The van der Waals surface area contributed by atoms with E-state index in [1.807, 2.05) is 53.1 Å². The summed E-state index contributed by atoms with van der Waals surface area (Å²) in [4.78, 5) is 12.8. The van der Waals surface area contributed by atoms with Crippen LogP contribution in [0.5, 0.6) is 23.0 Å². The zero-order valence-corrected chi connectivity index (χ0v) is 20.6. The number of fused-ring (bicyclic) bond motifs is 1. The van der Waals surface area contributed by atoms with Crippen molar-refractivity contribution in [3.63, 3.8) is 0 Å². The maximum absolute atomic E-state index is 12.8. The van der Waals surface area contributed by atoms with Crippen molar-refractivity contribution in [2.45, 2.75) is 5.16 Å². The number of carbonyl (C=O) groups excluding carboxylic acids is 1. The van der Waals surface area contributed by atoms with Crippen LogP contribution in [0.1, 0.15) is 0 Å². The average molecular weight is 505 g/mol. The normalized spacial score (nSPS) is 12.2. The van der Waals surface area contributed by atoms with Crippen LogP contribution in [0.4, 0.5) is 5.69 Å². The molecule has 0 unspecified atom stereocenters. The third kappa shape index (κ3) is 5.08. The van der Waals surface area contributed by atoms with Crippen LogP contribution >= 0.6 is 11.8 Å². The van der Waals surface area contributed by atoms with Crippen LogP contribution in [0.25, 0.3) is 17.1 Å². The third-order valence-corrected chi connectivity index (χ3v) is 6.38. The summed E-state index contributed by atoms with van der Waals surface area (Å²) in [7, 11) is 3.24. The molecule has 1 amide bonds. The lowest BCUT2D eigenvalue weighted by atomic mass is 10.2. The molecule has 4 aromatic rings. The first-order chi connectivity index (χ1) is 17.6. The Hall–Kier alpha value is -4.18. The highest BCUT2D eigenvalue weighted by Crippen LogP contribution is 2.33. The van der Waals surface area contributed by atoms with Crippen LogP contribution in [-0.2, 0) is 4.79 Å². The third-order valence-electron chi connectivity index (χ3n) is 5.45. The number of ether oxygens (including phenoxy) is 4. The number of nitrogens with one attached hydrogen (secondary N) is 1. The Balaban J connectivity index is 1.38. The van der Waals surface area contributed by atoms with Crippen molar-refractivity contribution in [1.29, 1.82) is 0 Å². The van der Waals surface area contributed by atoms with E-state index in [9.17, 15) is 4.79 Å². The second-order valence-electron chi connectivity index (χ2n) is 7.77. The van der Waals surface area contributed by atoms with E-state index >= 15 is 0 Å². The SMILES string of the molecule is COc1ccc(-n2c(SCC(=O)Nc3ccc4c(c3)OCCO4)nnc2-c2cccc(OC)c2)cc1. The predicted octanol–water partition coefficient (Wildman–Crippen LogP) is 4.45. The fourth-order valence-corrected chi connectivity index (χ4v) is 4.48. The van der Waals surface area contributed by atoms with Gasteiger partial charge in [-0.25, -0.2) is 0 Å². The summed E-state index contributed by atoms with van der Waals surface area (Å²) < 4.78 is 23.7. The molecule has 0 saturated heterocycles. The van der Waals surface area contributed by atoms with E-state index in [4.69, 9.17) is 18.9 Å². The number of amides is 1. The largest absolute Gasteiger partial charge is 0.497 e. The molecule has 0 spiro atoms. The topological polar surface area (TPSA) is 96.7 Å².